The van der Waals surface area contributed by atoms with E-state index < -0.39 is 0 Å². The predicted octanol–water partition coefficient (Wildman–Crippen LogP) is 3.67. The Morgan fingerprint density at radius 1 is 1.26 bits per heavy atom. The first-order valence-electron chi connectivity index (χ1n) is 9.48. The molecular formula is C21H26N2O3S. The second-order valence-corrected chi connectivity index (χ2v) is 8.09. The van der Waals surface area contributed by atoms with Crippen LogP contribution in [0.5, 0.6) is 5.75 Å². The van der Waals surface area contributed by atoms with Gasteiger partial charge in [0.05, 0.1) is 11.5 Å². The zero-order valence-electron chi connectivity index (χ0n) is 15.8. The molecule has 1 aromatic carbocycles. The van der Waals surface area contributed by atoms with E-state index >= 15 is 0 Å². The molecule has 0 aliphatic heterocycles. The first kappa shape index (κ1) is 19.4. The molecule has 1 aliphatic rings. The second-order valence-electron chi connectivity index (χ2n) is 6.95. The highest BCUT2D eigenvalue weighted by Gasteiger charge is 2.20. The van der Waals surface area contributed by atoms with E-state index in [1.807, 2.05) is 37.3 Å². The molecule has 3 rings (SSSR count). The molecule has 1 aliphatic carbocycles. The lowest BCUT2D eigenvalue weighted by atomic mass is 9.90. The van der Waals surface area contributed by atoms with Crippen molar-refractivity contribution in [2.45, 2.75) is 46.0 Å². The van der Waals surface area contributed by atoms with Crippen molar-refractivity contribution in [1.82, 2.24) is 10.9 Å². The molecule has 2 aromatic rings. The topological polar surface area (TPSA) is 67.4 Å². The van der Waals surface area contributed by atoms with Gasteiger partial charge in [-0.2, -0.15) is 0 Å². The standard InChI is InChI=1S/C21H26N2O3S/c1-3-26-17-7-5-4-6-15(17)9-11-20(24)22-23-21(25)19-13-16-12-14(2)8-10-18(16)27-19/h4-7,13-14H,3,8-12H2,1-2H3,(H,22,24)(H,23,25)/t14-/m0/s1. The van der Waals surface area contributed by atoms with Crippen LogP contribution < -0.4 is 15.6 Å². The summed E-state index contributed by atoms with van der Waals surface area (Å²) in [4.78, 5) is 26.4. The van der Waals surface area contributed by atoms with Gasteiger partial charge in [-0.05, 0) is 61.8 Å². The lowest BCUT2D eigenvalue weighted by Crippen LogP contribution is -2.41. The summed E-state index contributed by atoms with van der Waals surface area (Å²) < 4.78 is 5.57. The average molecular weight is 387 g/mol. The number of aryl methyl sites for hydroxylation is 2. The molecule has 0 fully saturated rings. The largest absolute Gasteiger partial charge is 0.494 e. The third-order valence-corrected chi connectivity index (χ3v) is 6.00. The minimum atomic E-state index is -0.245. The molecule has 1 aromatic heterocycles. The van der Waals surface area contributed by atoms with Gasteiger partial charge in [0, 0.05) is 11.3 Å². The molecule has 0 saturated heterocycles. The van der Waals surface area contributed by atoms with Crippen LogP contribution in [0.4, 0.5) is 0 Å². The summed E-state index contributed by atoms with van der Waals surface area (Å²) in [5.41, 5.74) is 7.32. The Bertz CT molecular complexity index is 816. The fourth-order valence-electron chi connectivity index (χ4n) is 3.32. The van der Waals surface area contributed by atoms with Crippen LogP contribution in [0.2, 0.25) is 0 Å². The molecule has 0 unspecified atom stereocenters. The number of hydrazine groups is 1. The number of benzene rings is 1. The van der Waals surface area contributed by atoms with Crippen molar-refractivity contribution in [3.8, 4) is 5.75 Å². The van der Waals surface area contributed by atoms with E-state index in [0.29, 0.717) is 23.8 Å². The molecule has 1 atom stereocenters. The highest BCUT2D eigenvalue weighted by molar-refractivity contribution is 7.14. The maximum Gasteiger partial charge on any atom is 0.279 e. The van der Waals surface area contributed by atoms with E-state index in [9.17, 15) is 9.59 Å². The number of hydrogen-bond acceptors (Lipinski definition) is 4. The number of amides is 2. The number of para-hydroxylation sites is 1. The number of carbonyl (C=O) groups excluding carboxylic acids is 2. The van der Waals surface area contributed by atoms with E-state index in [-0.39, 0.29) is 18.2 Å². The zero-order valence-corrected chi connectivity index (χ0v) is 16.7. The van der Waals surface area contributed by atoms with Crippen LogP contribution in [0.1, 0.15) is 52.4 Å². The van der Waals surface area contributed by atoms with Crippen LogP contribution in [0, 0.1) is 5.92 Å². The van der Waals surface area contributed by atoms with E-state index in [1.165, 1.54) is 28.2 Å². The normalized spacial score (nSPS) is 15.7. The third-order valence-electron chi connectivity index (χ3n) is 4.76. The van der Waals surface area contributed by atoms with Gasteiger partial charge in [0.15, 0.2) is 0 Å². The Hall–Kier alpha value is -2.34. The van der Waals surface area contributed by atoms with Gasteiger partial charge in [-0.1, -0.05) is 25.1 Å². The molecule has 27 heavy (non-hydrogen) atoms. The molecule has 1 heterocycles. The molecule has 0 radical (unpaired) electrons. The summed E-state index contributed by atoms with van der Waals surface area (Å²) in [6.07, 6.45) is 4.09. The smallest absolute Gasteiger partial charge is 0.279 e. The predicted molar refractivity (Wildman–Crippen MR) is 107 cm³/mol. The van der Waals surface area contributed by atoms with Crippen molar-refractivity contribution >= 4 is 23.2 Å². The SMILES string of the molecule is CCOc1ccccc1CCC(=O)NNC(=O)c1cc2c(s1)CC[C@H](C)C2. The minimum absolute atomic E-state index is 0.218. The number of thiophene rings is 1. The van der Waals surface area contributed by atoms with Gasteiger partial charge in [-0.3, -0.25) is 20.4 Å². The second kappa shape index (κ2) is 9.04. The molecule has 0 bridgehead atoms. The van der Waals surface area contributed by atoms with Crippen LogP contribution in [-0.2, 0) is 24.1 Å². The summed E-state index contributed by atoms with van der Waals surface area (Å²) >= 11 is 1.53. The van der Waals surface area contributed by atoms with Crippen molar-refractivity contribution in [3.05, 3.63) is 51.2 Å². The number of fused-ring (bicyclic) bond motifs is 1. The minimum Gasteiger partial charge on any atom is -0.494 e. The van der Waals surface area contributed by atoms with Crippen LogP contribution in [0.3, 0.4) is 0 Å². The Labute approximate surface area is 164 Å². The lowest BCUT2D eigenvalue weighted by molar-refractivity contribution is -0.121. The molecule has 144 valence electrons. The van der Waals surface area contributed by atoms with E-state index in [0.717, 1.165) is 24.2 Å². The third kappa shape index (κ3) is 5.10. The summed E-state index contributed by atoms with van der Waals surface area (Å²) in [5.74, 6) is 1.01. The molecule has 5 nitrogen and oxygen atoms in total. The maximum absolute atomic E-state index is 12.3. The Morgan fingerprint density at radius 2 is 2.07 bits per heavy atom. The molecule has 0 saturated carbocycles. The van der Waals surface area contributed by atoms with Gasteiger partial charge in [-0.15, -0.1) is 11.3 Å². The van der Waals surface area contributed by atoms with Crippen LogP contribution in [0.15, 0.2) is 30.3 Å². The number of nitrogens with one attached hydrogen (secondary N) is 2. The maximum atomic E-state index is 12.3. The van der Waals surface area contributed by atoms with Gasteiger partial charge in [0.25, 0.3) is 5.91 Å². The summed E-state index contributed by atoms with van der Waals surface area (Å²) in [6.45, 7) is 4.76. The van der Waals surface area contributed by atoms with Gasteiger partial charge >= 0.3 is 0 Å². The Kier molecular flexibility index (Phi) is 6.50. The van der Waals surface area contributed by atoms with Crippen molar-refractivity contribution < 1.29 is 14.3 Å². The molecule has 6 heteroatoms. The molecule has 2 N–H and O–H groups in total. The summed E-state index contributed by atoms with van der Waals surface area (Å²) in [6, 6.07) is 9.66. The fourth-order valence-corrected chi connectivity index (χ4v) is 4.43. The van der Waals surface area contributed by atoms with Crippen molar-refractivity contribution in [2.75, 3.05) is 6.61 Å². The number of rotatable bonds is 6. The highest BCUT2D eigenvalue weighted by atomic mass is 32.1. The van der Waals surface area contributed by atoms with Crippen molar-refractivity contribution in [3.63, 3.8) is 0 Å². The first-order chi connectivity index (χ1) is 13.1. The average Bonchev–Trinajstić information content (AvgIpc) is 3.09. The first-order valence-corrected chi connectivity index (χ1v) is 10.3. The van der Waals surface area contributed by atoms with E-state index in [2.05, 4.69) is 17.8 Å². The van der Waals surface area contributed by atoms with E-state index in [1.54, 1.807) is 0 Å². The number of hydrogen-bond donors (Lipinski definition) is 2. The van der Waals surface area contributed by atoms with Gasteiger partial charge in [0.2, 0.25) is 5.91 Å². The molecular weight excluding hydrogens is 360 g/mol. The van der Waals surface area contributed by atoms with E-state index in [4.69, 9.17) is 4.74 Å². The molecule has 0 spiro atoms. The van der Waals surface area contributed by atoms with Gasteiger partial charge in [-0.25, -0.2) is 0 Å². The number of carbonyl (C=O) groups is 2. The summed E-state index contributed by atoms with van der Waals surface area (Å²) in [7, 11) is 0. The van der Waals surface area contributed by atoms with Crippen LogP contribution >= 0.6 is 11.3 Å². The lowest BCUT2D eigenvalue weighted by Gasteiger charge is -2.16. The van der Waals surface area contributed by atoms with Crippen LogP contribution in [-0.4, -0.2) is 18.4 Å². The summed E-state index contributed by atoms with van der Waals surface area (Å²) in [5, 5.41) is 0. The van der Waals surface area contributed by atoms with Gasteiger partial charge in [0.1, 0.15) is 5.75 Å². The zero-order chi connectivity index (χ0) is 19.2. The Morgan fingerprint density at radius 3 is 2.89 bits per heavy atom. The Balaban J connectivity index is 1.49. The van der Waals surface area contributed by atoms with Crippen LogP contribution in [0.25, 0.3) is 0 Å². The fraction of sp³-hybridized carbons (Fsp3) is 0.429. The monoisotopic (exact) mass is 386 g/mol. The molecule has 2 amide bonds. The quantitative estimate of drug-likeness (QED) is 0.745. The van der Waals surface area contributed by atoms with Crippen molar-refractivity contribution in [2.24, 2.45) is 5.92 Å². The number of ether oxygens (including phenoxy) is 1. The highest BCUT2D eigenvalue weighted by Crippen LogP contribution is 2.32. The van der Waals surface area contributed by atoms with Crippen molar-refractivity contribution in [1.29, 1.82) is 0 Å². The van der Waals surface area contributed by atoms with Gasteiger partial charge < -0.3 is 4.74 Å².